The maximum absolute atomic E-state index is 12.6. The molecule has 0 aliphatic carbocycles. The summed E-state index contributed by atoms with van der Waals surface area (Å²) in [6.45, 7) is 6.11. The lowest BCUT2D eigenvalue weighted by atomic mass is 10.1. The molecule has 2 N–H and O–H groups in total. The highest BCUT2D eigenvalue weighted by molar-refractivity contribution is 5.99. The number of carbonyl (C=O) groups is 1. The Labute approximate surface area is 118 Å². The Bertz CT molecular complexity index is 660. The van der Waals surface area contributed by atoms with Gasteiger partial charge in [-0.2, -0.15) is 0 Å². The quantitative estimate of drug-likeness (QED) is 0.913. The van der Waals surface area contributed by atoms with E-state index >= 15 is 0 Å². The third kappa shape index (κ3) is 2.00. The van der Waals surface area contributed by atoms with E-state index in [1.807, 2.05) is 36.9 Å². The number of nitrogens with two attached hydrogens (primary N) is 1. The minimum Gasteiger partial charge on any atom is -0.450 e. The van der Waals surface area contributed by atoms with Crippen LogP contribution in [0.15, 0.2) is 22.6 Å². The highest BCUT2D eigenvalue weighted by Crippen LogP contribution is 2.29. The van der Waals surface area contributed by atoms with Gasteiger partial charge >= 0.3 is 0 Å². The largest absolute Gasteiger partial charge is 0.450 e. The molecule has 4 heteroatoms. The summed E-state index contributed by atoms with van der Waals surface area (Å²) in [4.78, 5) is 14.5. The zero-order chi connectivity index (χ0) is 14.3. The molecule has 2 heterocycles. The SMILES string of the molecule is Cc1c(C(=O)N2CCC(CN)C2)oc2c(C)cccc12. The predicted octanol–water partition coefficient (Wildman–Crippen LogP) is 2.47. The number of aryl methyl sites for hydroxylation is 2. The predicted molar refractivity (Wildman–Crippen MR) is 78.8 cm³/mol. The normalized spacial score (nSPS) is 18.9. The van der Waals surface area contributed by atoms with Crippen LogP contribution in [0.3, 0.4) is 0 Å². The van der Waals surface area contributed by atoms with E-state index in [1.165, 1.54) is 0 Å². The summed E-state index contributed by atoms with van der Waals surface area (Å²) in [5.41, 5.74) is 8.50. The summed E-state index contributed by atoms with van der Waals surface area (Å²) < 4.78 is 5.85. The number of benzene rings is 1. The first kappa shape index (κ1) is 13.2. The number of rotatable bonds is 2. The van der Waals surface area contributed by atoms with Gasteiger partial charge in [-0.15, -0.1) is 0 Å². The second-order valence-corrected chi connectivity index (χ2v) is 5.65. The summed E-state index contributed by atoms with van der Waals surface area (Å²) in [5, 5.41) is 1.03. The molecule has 0 spiro atoms. The van der Waals surface area contributed by atoms with Gasteiger partial charge in [-0.25, -0.2) is 0 Å². The van der Waals surface area contributed by atoms with Crippen molar-refractivity contribution in [2.24, 2.45) is 11.7 Å². The van der Waals surface area contributed by atoms with E-state index in [0.29, 0.717) is 18.2 Å². The second kappa shape index (κ2) is 4.94. The zero-order valence-electron chi connectivity index (χ0n) is 12.0. The number of fused-ring (bicyclic) bond motifs is 1. The number of hydrogen-bond acceptors (Lipinski definition) is 3. The van der Waals surface area contributed by atoms with Crippen molar-refractivity contribution in [3.63, 3.8) is 0 Å². The molecule has 0 bridgehead atoms. The molecule has 2 aromatic rings. The third-order valence-corrected chi connectivity index (χ3v) is 4.26. The van der Waals surface area contributed by atoms with Crippen LogP contribution in [-0.2, 0) is 0 Å². The first-order chi connectivity index (χ1) is 9.61. The van der Waals surface area contributed by atoms with Gasteiger partial charge in [0.2, 0.25) is 0 Å². The van der Waals surface area contributed by atoms with Crippen molar-refractivity contribution in [3.8, 4) is 0 Å². The lowest BCUT2D eigenvalue weighted by Crippen LogP contribution is -2.30. The van der Waals surface area contributed by atoms with Gasteiger partial charge in [0.1, 0.15) is 5.58 Å². The molecule has 1 aromatic heterocycles. The van der Waals surface area contributed by atoms with Gasteiger partial charge in [0.05, 0.1) is 0 Å². The smallest absolute Gasteiger partial charge is 0.289 e. The topological polar surface area (TPSA) is 59.5 Å². The van der Waals surface area contributed by atoms with Crippen LogP contribution in [0.5, 0.6) is 0 Å². The molecule has 106 valence electrons. The fraction of sp³-hybridized carbons (Fsp3) is 0.438. The van der Waals surface area contributed by atoms with Gasteiger partial charge in [-0.3, -0.25) is 4.79 Å². The van der Waals surface area contributed by atoms with Gasteiger partial charge < -0.3 is 15.1 Å². The Morgan fingerprint density at radius 3 is 2.90 bits per heavy atom. The molecule has 1 aliphatic rings. The van der Waals surface area contributed by atoms with Crippen LogP contribution in [0.25, 0.3) is 11.0 Å². The molecule has 1 fully saturated rings. The maximum Gasteiger partial charge on any atom is 0.289 e. The number of likely N-dealkylation sites (tertiary alicyclic amines) is 1. The van der Waals surface area contributed by atoms with Crippen LogP contribution in [-0.4, -0.2) is 30.4 Å². The van der Waals surface area contributed by atoms with Crippen molar-refractivity contribution in [2.45, 2.75) is 20.3 Å². The van der Waals surface area contributed by atoms with Crippen LogP contribution in [0.1, 0.15) is 28.1 Å². The molecule has 3 rings (SSSR count). The van der Waals surface area contributed by atoms with Crippen LogP contribution in [0.4, 0.5) is 0 Å². The van der Waals surface area contributed by atoms with E-state index < -0.39 is 0 Å². The van der Waals surface area contributed by atoms with Crippen LogP contribution < -0.4 is 5.73 Å². The highest BCUT2D eigenvalue weighted by atomic mass is 16.3. The maximum atomic E-state index is 12.6. The van der Waals surface area contributed by atoms with Crippen molar-refractivity contribution in [2.75, 3.05) is 19.6 Å². The van der Waals surface area contributed by atoms with Crippen molar-refractivity contribution in [3.05, 3.63) is 35.1 Å². The molecule has 1 unspecified atom stereocenters. The Morgan fingerprint density at radius 1 is 1.45 bits per heavy atom. The first-order valence-electron chi connectivity index (χ1n) is 7.10. The first-order valence-corrected chi connectivity index (χ1v) is 7.10. The molecule has 4 nitrogen and oxygen atoms in total. The van der Waals surface area contributed by atoms with Gasteiger partial charge in [0.15, 0.2) is 5.76 Å². The number of amides is 1. The standard InChI is InChI=1S/C16H20N2O2/c1-10-4-3-5-13-11(2)15(20-14(10)13)16(19)18-7-6-12(8-17)9-18/h3-5,12H,6-9,17H2,1-2H3. The van der Waals surface area contributed by atoms with Gasteiger partial charge in [0, 0.05) is 24.0 Å². The molecule has 1 saturated heterocycles. The minimum absolute atomic E-state index is 0.00551. The zero-order valence-corrected chi connectivity index (χ0v) is 12.0. The minimum atomic E-state index is -0.00551. The molecule has 0 saturated carbocycles. The lowest BCUT2D eigenvalue weighted by molar-refractivity contribution is 0.0757. The summed E-state index contributed by atoms with van der Waals surface area (Å²) in [5.74, 6) is 0.895. The number of carbonyl (C=O) groups excluding carboxylic acids is 1. The van der Waals surface area contributed by atoms with E-state index in [1.54, 1.807) is 0 Å². The Morgan fingerprint density at radius 2 is 2.25 bits per heavy atom. The van der Waals surface area contributed by atoms with Crippen LogP contribution in [0, 0.1) is 19.8 Å². The monoisotopic (exact) mass is 272 g/mol. The van der Waals surface area contributed by atoms with Crippen LogP contribution >= 0.6 is 0 Å². The number of para-hydroxylation sites is 1. The molecule has 0 radical (unpaired) electrons. The second-order valence-electron chi connectivity index (χ2n) is 5.65. The molecular formula is C16H20N2O2. The molecule has 1 atom stereocenters. The summed E-state index contributed by atoms with van der Waals surface area (Å²) in [6.07, 6.45) is 0.987. The molecule has 20 heavy (non-hydrogen) atoms. The van der Waals surface area contributed by atoms with Gasteiger partial charge in [-0.1, -0.05) is 18.2 Å². The van der Waals surface area contributed by atoms with E-state index in [-0.39, 0.29) is 5.91 Å². The Hall–Kier alpha value is -1.81. The summed E-state index contributed by atoms with van der Waals surface area (Å²) in [7, 11) is 0. The van der Waals surface area contributed by atoms with Crippen molar-refractivity contribution >= 4 is 16.9 Å². The van der Waals surface area contributed by atoms with Crippen molar-refractivity contribution in [1.82, 2.24) is 4.90 Å². The van der Waals surface area contributed by atoms with E-state index in [9.17, 15) is 4.79 Å². The van der Waals surface area contributed by atoms with E-state index in [0.717, 1.165) is 41.6 Å². The van der Waals surface area contributed by atoms with E-state index in [4.69, 9.17) is 10.2 Å². The molecule has 1 amide bonds. The average Bonchev–Trinajstić information content (AvgIpc) is 3.05. The van der Waals surface area contributed by atoms with Crippen LogP contribution in [0.2, 0.25) is 0 Å². The molecule has 1 aromatic carbocycles. The van der Waals surface area contributed by atoms with Crippen molar-refractivity contribution in [1.29, 1.82) is 0 Å². The van der Waals surface area contributed by atoms with Crippen molar-refractivity contribution < 1.29 is 9.21 Å². The fourth-order valence-corrected chi connectivity index (χ4v) is 2.94. The Balaban J connectivity index is 1.96. The molecular weight excluding hydrogens is 252 g/mol. The summed E-state index contributed by atoms with van der Waals surface area (Å²) in [6, 6.07) is 6.00. The number of nitrogens with zero attached hydrogens (tertiary/aromatic N) is 1. The summed E-state index contributed by atoms with van der Waals surface area (Å²) >= 11 is 0. The number of furan rings is 1. The van der Waals surface area contributed by atoms with Gasteiger partial charge in [-0.05, 0) is 38.3 Å². The highest BCUT2D eigenvalue weighted by Gasteiger charge is 2.29. The average molecular weight is 272 g/mol. The third-order valence-electron chi connectivity index (χ3n) is 4.26. The van der Waals surface area contributed by atoms with Gasteiger partial charge in [0.25, 0.3) is 5.91 Å². The van der Waals surface area contributed by atoms with E-state index in [2.05, 4.69) is 0 Å². The lowest BCUT2D eigenvalue weighted by Gasteiger charge is -2.14. The fourth-order valence-electron chi connectivity index (χ4n) is 2.94. The Kier molecular flexibility index (Phi) is 3.26. The molecule has 1 aliphatic heterocycles. The number of hydrogen-bond donors (Lipinski definition) is 1.